The van der Waals surface area contributed by atoms with E-state index < -0.39 is 17.0 Å². The van der Waals surface area contributed by atoms with Crippen LogP contribution in [0.3, 0.4) is 0 Å². The number of halogens is 1. The first-order chi connectivity index (χ1) is 15.9. The van der Waals surface area contributed by atoms with Crippen LogP contribution in [0.15, 0.2) is 72.8 Å². The zero-order chi connectivity index (χ0) is 23.2. The van der Waals surface area contributed by atoms with E-state index in [9.17, 15) is 14.7 Å². The van der Waals surface area contributed by atoms with Crippen molar-refractivity contribution in [1.29, 1.82) is 0 Å². The summed E-state index contributed by atoms with van der Waals surface area (Å²) in [5.41, 5.74) is 0.781. The van der Waals surface area contributed by atoms with Crippen molar-refractivity contribution >= 4 is 34.7 Å². The van der Waals surface area contributed by atoms with Crippen LogP contribution in [0.25, 0.3) is 0 Å². The second-order valence-electron chi connectivity index (χ2n) is 8.78. The van der Waals surface area contributed by atoms with E-state index in [4.69, 9.17) is 11.6 Å². The number of aliphatic hydroxyl groups is 1. The fourth-order valence-corrected chi connectivity index (χ4v) is 5.61. The van der Waals surface area contributed by atoms with Crippen molar-refractivity contribution < 1.29 is 14.7 Å². The number of amides is 1. The molecule has 0 aliphatic carbocycles. The molecule has 33 heavy (non-hydrogen) atoms. The molecule has 2 aliphatic rings. The maximum absolute atomic E-state index is 14.1. The lowest BCUT2D eigenvalue weighted by Crippen LogP contribution is -2.53. The maximum atomic E-state index is 14.1. The zero-order valence-corrected chi connectivity index (χ0v) is 19.1. The number of nitrogens with zero attached hydrogens (tertiary/aromatic N) is 1. The summed E-state index contributed by atoms with van der Waals surface area (Å²) in [6.07, 6.45) is 1.19. The number of para-hydroxylation sites is 2. The van der Waals surface area contributed by atoms with Crippen molar-refractivity contribution in [3.05, 3.63) is 94.5 Å². The number of benzene rings is 3. The molecule has 2 atom stereocenters. The van der Waals surface area contributed by atoms with Gasteiger partial charge in [0.2, 0.25) is 0 Å². The number of fused-ring (bicyclic) bond motifs is 2. The SMILES string of the molecule is CCCC1(N2C(=O)C(O)(CC(=O)c3ccccc3Cl)c3ccccc32)CNc2ccccc21. The van der Waals surface area contributed by atoms with Crippen LogP contribution in [0.1, 0.15) is 47.7 Å². The van der Waals surface area contributed by atoms with Gasteiger partial charge in [0.1, 0.15) is 0 Å². The number of hydrogen-bond acceptors (Lipinski definition) is 4. The van der Waals surface area contributed by atoms with Gasteiger partial charge in [-0.15, -0.1) is 0 Å². The van der Waals surface area contributed by atoms with Crippen LogP contribution < -0.4 is 10.2 Å². The molecular weight excluding hydrogens is 436 g/mol. The van der Waals surface area contributed by atoms with Gasteiger partial charge >= 0.3 is 0 Å². The number of carbonyl (C=O) groups excluding carboxylic acids is 2. The molecule has 1 amide bonds. The van der Waals surface area contributed by atoms with Crippen molar-refractivity contribution in [1.82, 2.24) is 0 Å². The van der Waals surface area contributed by atoms with Gasteiger partial charge in [0, 0.05) is 28.9 Å². The Labute approximate surface area is 198 Å². The molecular formula is C27H25ClN2O3. The van der Waals surface area contributed by atoms with Crippen LogP contribution in [0.5, 0.6) is 0 Å². The van der Waals surface area contributed by atoms with Gasteiger partial charge in [-0.25, -0.2) is 0 Å². The largest absolute Gasteiger partial charge is 0.382 e. The van der Waals surface area contributed by atoms with Gasteiger partial charge in [-0.1, -0.05) is 73.5 Å². The highest BCUT2D eigenvalue weighted by atomic mass is 35.5. The Morgan fingerprint density at radius 2 is 1.70 bits per heavy atom. The first-order valence-corrected chi connectivity index (χ1v) is 11.6. The molecule has 0 spiro atoms. The molecule has 2 unspecified atom stereocenters. The molecule has 0 aromatic heterocycles. The Bertz CT molecular complexity index is 1260. The van der Waals surface area contributed by atoms with Crippen LogP contribution in [0, 0.1) is 0 Å². The van der Waals surface area contributed by atoms with E-state index in [-0.39, 0.29) is 12.2 Å². The average molecular weight is 461 g/mol. The number of hydrogen-bond donors (Lipinski definition) is 2. The molecule has 0 saturated heterocycles. The highest BCUT2D eigenvalue weighted by Crippen LogP contribution is 2.52. The van der Waals surface area contributed by atoms with E-state index in [0.29, 0.717) is 34.8 Å². The second kappa shape index (κ2) is 8.01. The Morgan fingerprint density at radius 1 is 1.03 bits per heavy atom. The standard InChI is InChI=1S/C27H25ClN2O3/c1-2-15-26(17-29-22-13-7-4-10-19(22)26)30-23-14-8-5-11-20(23)27(33,25(30)32)16-24(31)18-9-3-6-12-21(18)28/h3-14,29,33H,2,15-17H2,1H3. The van der Waals surface area contributed by atoms with Crippen LogP contribution >= 0.6 is 11.6 Å². The summed E-state index contributed by atoms with van der Waals surface area (Å²) in [7, 11) is 0. The van der Waals surface area contributed by atoms with Crippen molar-refractivity contribution in [3.8, 4) is 0 Å². The summed E-state index contributed by atoms with van der Waals surface area (Å²) in [5.74, 6) is -0.848. The summed E-state index contributed by atoms with van der Waals surface area (Å²) >= 11 is 6.23. The van der Waals surface area contributed by atoms with Crippen molar-refractivity contribution in [2.45, 2.75) is 37.3 Å². The third-order valence-corrected chi connectivity index (χ3v) is 7.16. The third kappa shape index (κ3) is 3.18. The van der Waals surface area contributed by atoms with Crippen LogP contribution in [-0.2, 0) is 15.9 Å². The molecule has 0 bridgehead atoms. The van der Waals surface area contributed by atoms with E-state index in [2.05, 4.69) is 12.2 Å². The number of rotatable bonds is 6. The molecule has 2 N–H and O–H groups in total. The Balaban J connectivity index is 1.62. The molecule has 2 heterocycles. The van der Waals surface area contributed by atoms with Gasteiger partial charge in [0.25, 0.3) is 5.91 Å². The van der Waals surface area contributed by atoms with E-state index in [1.807, 2.05) is 36.4 Å². The highest BCUT2D eigenvalue weighted by Gasteiger charge is 2.58. The molecule has 0 saturated carbocycles. The van der Waals surface area contributed by atoms with E-state index in [1.165, 1.54) is 0 Å². The third-order valence-electron chi connectivity index (χ3n) is 6.83. The zero-order valence-electron chi connectivity index (χ0n) is 18.3. The number of Topliss-reactive ketones (excluding diaryl/α,β-unsaturated/α-hetero) is 1. The number of carbonyl (C=O) groups is 2. The monoisotopic (exact) mass is 460 g/mol. The van der Waals surface area contributed by atoms with E-state index in [1.54, 1.807) is 41.3 Å². The van der Waals surface area contributed by atoms with Crippen molar-refractivity contribution in [2.24, 2.45) is 0 Å². The molecule has 3 aromatic carbocycles. The predicted octanol–water partition coefficient (Wildman–Crippen LogP) is 5.27. The summed E-state index contributed by atoms with van der Waals surface area (Å²) in [5, 5.41) is 15.6. The minimum absolute atomic E-state index is 0.299. The molecule has 3 aromatic rings. The van der Waals surface area contributed by atoms with E-state index >= 15 is 0 Å². The Hall–Kier alpha value is -3.15. The Kier molecular flexibility index (Phi) is 5.26. The fraction of sp³-hybridized carbons (Fsp3) is 0.259. The number of ketones is 1. The molecule has 0 radical (unpaired) electrons. The topological polar surface area (TPSA) is 69.6 Å². The lowest BCUT2D eigenvalue weighted by atomic mass is 9.84. The predicted molar refractivity (Wildman–Crippen MR) is 130 cm³/mol. The average Bonchev–Trinajstić information content (AvgIpc) is 3.28. The molecule has 5 nitrogen and oxygen atoms in total. The lowest BCUT2D eigenvalue weighted by molar-refractivity contribution is -0.137. The molecule has 0 fully saturated rings. The molecule has 6 heteroatoms. The lowest BCUT2D eigenvalue weighted by Gasteiger charge is -2.40. The van der Waals surface area contributed by atoms with Crippen molar-refractivity contribution in [3.63, 3.8) is 0 Å². The summed E-state index contributed by atoms with van der Waals surface area (Å²) in [6.45, 7) is 2.62. The van der Waals surface area contributed by atoms with Crippen LogP contribution in [0.4, 0.5) is 11.4 Å². The number of nitrogens with one attached hydrogen (secondary N) is 1. The molecule has 168 valence electrons. The summed E-state index contributed by atoms with van der Waals surface area (Å²) < 4.78 is 0. The maximum Gasteiger partial charge on any atom is 0.265 e. The van der Waals surface area contributed by atoms with Gasteiger partial charge in [-0.2, -0.15) is 0 Å². The first kappa shape index (κ1) is 21.7. The van der Waals surface area contributed by atoms with Gasteiger partial charge < -0.3 is 10.4 Å². The van der Waals surface area contributed by atoms with Gasteiger partial charge in [-0.05, 0) is 30.7 Å². The highest BCUT2D eigenvalue weighted by molar-refractivity contribution is 6.34. The quantitative estimate of drug-likeness (QED) is 0.492. The summed E-state index contributed by atoms with van der Waals surface area (Å²) in [4.78, 5) is 29.0. The van der Waals surface area contributed by atoms with Gasteiger partial charge in [0.15, 0.2) is 11.4 Å². The fourth-order valence-electron chi connectivity index (χ4n) is 5.37. The van der Waals surface area contributed by atoms with Crippen molar-refractivity contribution in [2.75, 3.05) is 16.8 Å². The van der Waals surface area contributed by atoms with Gasteiger partial charge in [-0.3, -0.25) is 14.5 Å². The van der Waals surface area contributed by atoms with Crippen LogP contribution in [0.2, 0.25) is 5.02 Å². The minimum atomic E-state index is -1.97. The second-order valence-corrected chi connectivity index (χ2v) is 9.19. The molecule has 5 rings (SSSR count). The molecule has 2 aliphatic heterocycles. The van der Waals surface area contributed by atoms with Gasteiger partial charge in [0.05, 0.1) is 22.7 Å². The Morgan fingerprint density at radius 3 is 2.45 bits per heavy atom. The summed E-state index contributed by atoms with van der Waals surface area (Å²) in [6, 6.07) is 21.9. The normalized spacial score (nSPS) is 23.2. The smallest absolute Gasteiger partial charge is 0.265 e. The number of anilines is 2. The minimum Gasteiger partial charge on any atom is -0.382 e. The first-order valence-electron chi connectivity index (χ1n) is 11.2. The van der Waals surface area contributed by atoms with Crippen LogP contribution in [-0.4, -0.2) is 23.3 Å². The van der Waals surface area contributed by atoms with E-state index in [0.717, 1.165) is 17.7 Å².